The van der Waals surface area contributed by atoms with E-state index in [-0.39, 0.29) is 5.91 Å². The van der Waals surface area contributed by atoms with Crippen molar-refractivity contribution in [1.29, 1.82) is 0 Å². The summed E-state index contributed by atoms with van der Waals surface area (Å²) in [4.78, 5) is 17.6. The van der Waals surface area contributed by atoms with Crippen molar-refractivity contribution in [3.63, 3.8) is 0 Å². The number of fused-ring (bicyclic) bond motifs is 1. The molecule has 0 fully saturated rings. The molecule has 1 heterocycles. The number of thiazole rings is 1. The first-order chi connectivity index (χ1) is 12.6. The third kappa shape index (κ3) is 3.28. The van der Waals surface area contributed by atoms with Crippen molar-refractivity contribution in [3.8, 4) is 11.1 Å². The number of nitrogens with zero attached hydrogens (tertiary/aromatic N) is 2. The second kappa shape index (κ2) is 7.02. The summed E-state index contributed by atoms with van der Waals surface area (Å²) in [5.41, 5.74) is 3.86. The standard InChI is InChI=1S/C21H15BrN2OS/c1-24-18-12-11-17(22)13-19(18)26-21(24)23-20(25)16-9-7-15(8-10-16)14-5-3-2-4-6-14/h2-13H,1H3. The normalized spacial score (nSPS) is 11.8. The van der Waals surface area contributed by atoms with Crippen molar-refractivity contribution in [2.75, 3.05) is 0 Å². The van der Waals surface area contributed by atoms with Gasteiger partial charge in [-0.2, -0.15) is 4.99 Å². The fourth-order valence-corrected chi connectivity index (χ4v) is 4.37. The monoisotopic (exact) mass is 422 g/mol. The molecule has 5 heteroatoms. The van der Waals surface area contributed by atoms with Crippen LogP contribution in [0.1, 0.15) is 10.4 Å². The number of amides is 1. The van der Waals surface area contributed by atoms with E-state index in [2.05, 4.69) is 33.1 Å². The Morgan fingerprint density at radius 2 is 1.65 bits per heavy atom. The van der Waals surface area contributed by atoms with Gasteiger partial charge in [-0.3, -0.25) is 4.79 Å². The average molecular weight is 423 g/mol. The van der Waals surface area contributed by atoms with E-state index in [4.69, 9.17) is 0 Å². The van der Waals surface area contributed by atoms with Gasteiger partial charge in [-0.05, 0) is 41.5 Å². The van der Waals surface area contributed by atoms with Crippen LogP contribution in [0.2, 0.25) is 0 Å². The fourth-order valence-electron chi connectivity index (χ4n) is 2.80. The van der Waals surface area contributed by atoms with Crippen molar-refractivity contribution in [2.45, 2.75) is 0 Å². The number of aromatic nitrogens is 1. The van der Waals surface area contributed by atoms with Gasteiger partial charge in [-0.25, -0.2) is 0 Å². The summed E-state index contributed by atoms with van der Waals surface area (Å²) in [5.74, 6) is -0.231. The molecule has 0 atom stereocenters. The van der Waals surface area contributed by atoms with Gasteiger partial charge in [0.05, 0.1) is 10.2 Å². The number of aryl methyl sites for hydroxylation is 1. The van der Waals surface area contributed by atoms with Crippen LogP contribution in [0.3, 0.4) is 0 Å². The molecular weight excluding hydrogens is 408 g/mol. The van der Waals surface area contributed by atoms with Crippen molar-refractivity contribution in [1.82, 2.24) is 4.57 Å². The van der Waals surface area contributed by atoms with Gasteiger partial charge in [-0.15, -0.1) is 0 Å². The molecule has 0 aliphatic heterocycles. The summed E-state index contributed by atoms with van der Waals surface area (Å²) < 4.78 is 4.05. The Balaban J connectivity index is 1.68. The maximum atomic E-state index is 12.6. The van der Waals surface area contributed by atoms with Gasteiger partial charge in [0.2, 0.25) is 0 Å². The van der Waals surface area contributed by atoms with Crippen LogP contribution in [0.4, 0.5) is 0 Å². The molecular formula is C21H15BrN2OS. The van der Waals surface area contributed by atoms with Crippen molar-refractivity contribution in [3.05, 3.63) is 87.6 Å². The van der Waals surface area contributed by atoms with Gasteiger partial charge in [0.25, 0.3) is 5.91 Å². The van der Waals surface area contributed by atoms with Crippen molar-refractivity contribution < 1.29 is 4.79 Å². The number of hydrogen-bond donors (Lipinski definition) is 0. The van der Waals surface area contributed by atoms with Crippen LogP contribution in [-0.4, -0.2) is 10.5 Å². The molecule has 0 bridgehead atoms. The smallest absolute Gasteiger partial charge is 0.279 e. The van der Waals surface area contributed by atoms with Crippen LogP contribution in [0.25, 0.3) is 21.3 Å². The lowest BCUT2D eigenvalue weighted by atomic mass is 10.0. The minimum absolute atomic E-state index is 0.231. The van der Waals surface area contributed by atoms with E-state index in [0.29, 0.717) is 10.4 Å². The molecule has 26 heavy (non-hydrogen) atoms. The van der Waals surface area contributed by atoms with Crippen molar-refractivity contribution >= 4 is 43.4 Å². The average Bonchev–Trinajstić information content (AvgIpc) is 2.97. The molecule has 0 radical (unpaired) electrons. The molecule has 0 aliphatic rings. The number of hydrogen-bond acceptors (Lipinski definition) is 2. The van der Waals surface area contributed by atoms with Gasteiger partial charge < -0.3 is 4.57 Å². The maximum Gasteiger partial charge on any atom is 0.279 e. The molecule has 0 saturated heterocycles. The topological polar surface area (TPSA) is 34.4 Å². The first-order valence-corrected chi connectivity index (χ1v) is 9.72. The highest BCUT2D eigenvalue weighted by Crippen LogP contribution is 2.22. The highest BCUT2D eigenvalue weighted by molar-refractivity contribution is 9.10. The molecule has 4 aromatic rings. The van der Waals surface area contributed by atoms with E-state index in [9.17, 15) is 4.79 Å². The van der Waals surface area contributed by atoms with Crippen molar-refractivity contribution in [2.24, 2.45) is 12.0 Å². The molecule has 3 aromatic carbocycles. The molecule has 128 valence electrons. The quantitative estimate of drug-likeness (QED) is 0.425. The maximum absolute atomic E-state index is 12.6. The van der Waals surface area contributed by atoms with E-state index >= 15 is 0 Å². The van der Waals surface area contributed by atoms with Gasteiger partial charge in [0, 0.05) is 17.1 Å². The molecule has 0 unspecified atom stereocenters. The molecule has 1 amide bonds. The fraction of sp³-hybridized carbons (Fsp3) is 0.0476. The predicted octanol–water partition coefficient (Wildman–Crippen LogP) is 5.41. The van der Waals surface area contributed by atoms with E-state index in [1.807, 2.05) is 72.3 Å². The molecule has 3 nitrogen and oxygen atoms in total. The lowest BCUT2D eigenvalue weighted by Gasteiger charge is -2.02. The summed E-state index contributed by atoms with van der Waals surface area (Å²) in [6, 6.07) is 23.7. The number of halogens is 1. The molecule has 0 aliphatic carbocycles. The zero-order valence-corrected chi connectivity index (χ0v) is 16.4. The lowest BCUT2D eigenvalue weighted by Crippen LogP contribution is -2.13. The number of carbonyl (C=O) groups excluding carboxylic acids is 1. The molecule has 0 saturated carbocycles. The van der Waals surface area contributed by atoms with Crippen LogP contribution < -0.4 is 4.80 Å². The predicted molar refractivity (Wildman–Crippen MR) is 110 cm³/mol. The van der Waals surface area contributed by atoms with Crippen LogP contribution >= 0.6 is 27.3 Å². The summed E-state index contributed by atoms with van der Waals surface area (Å²) in [5, 5.41) is 0. The van der Waals surface area contributed by atoms with Gasteiger partial charge in [0.15, 0.2) is 4.80 Å². The van der Waals surface area contributed by atoms with Crippen LogP contribution in [-0.2, 0) is 7.05 Å². The van der Waals surface area contributed by atoms with E-state index < -0.39 is 0 Å². The second-order valence-corrected chi connectivity index (χ2v) is 7.84. The van der Waals surface area contributed by atoms with Crippen LogP contribution in [0.15, 0.2) is 82.3 Å². The van der Waals surface area contributed by atoms with Crippen LogP contribution in [0, 0.1) is 0 Å². The summed E-state index contributed by atoms with van der Waals surface area (Å²) in [6.45, 7) is 0. The summed E-state index contributed by atoms with van der Waals surface area (Å²) in [7, 11) is 1.93. The Kier molecular flexibility index (Phi) is 4.57. The van der Waals surface area contributed by atoms with Crippen LogP contribution in [0.5, 0.6) is 0 Å². The molecule has 0 spiro atoms. The number of carbonyl (C=O) groups is 1. The Hall–Kier alpha value is -2.50. The Labute approximate surface area is 163 Å². The van der Waals surface area contributed by atoms with E-state index in [0.717, 1.165) is 25.8 Å². The summed E-state index contributed by atoms with van der Waals surface area (Å²) in [6.07, 6.45) is 0. The highest BCUT2D eigenvalue weighted by Gasteiger charge is 2.08. The van der Waals surface area contributed by atoms with Gasteiger partial charge >= 0.3 is 0 Å². The first kappa shape index (κ1) is 16.9. The molecule has 1 aromatic heterocycles. The zero-order chi connectivity index (χ0) is 18.1. The number of benzene rings is 3. The Morgan fingerprint density at radius 3 is 2.38 bits per heavy atom. The third-order valence-electron chi connectivity index (χ3n) is 4.21. The Bertz CT molecular complexity index is 1160. The Morgan fingerprint density at radius 1 is 0.962 bits per heavy atom. The van der Waals surface area contributed by atoms with E-state index in [1.165, 1.54) is 11.3 Å². The minimum Gasteiger partial charge on any atom is -0.319 e. The minimum atomic E-state index is -0.231. The SMILES string of the molecule is Cn1c(=NC(=O)c2ccc(-c3ccccc3)cc2)sc2cc(Br)ccc21. The summed E-state index contributed by atoms with van der Waals surface area (Å²) >= 11 is 4.99. The lowest BCUT2D eigenvalue weighted by molar-refractivity contribution is 0.0998. The first-order valence-electron chi connectivity index (χ1n) is 8.11. The number of rotatable bonds is 2. The third-order valence-corrected chi connectivity index (χ3v) is 5.80. The highest BCUT2D eigenvalue weighted by atomic mass is 79.9. The van der Waals surface area contributed by atoms with Gasteiger partial charge in [-0.1, -0.05) is 69.7 Å². The molecule has 0 N–H and O–H groups in total. The van der Waals surface area contributed by atoms with E-state index in [1.54, 1.807) is 0 Å². The second-order valence-electron chi connectivity index (χ2n) is 5.92. The van der Waals surface area contributed by atoms with Gasteiger partial charge in [0.1, 0.15) is 0 Å². The largest absolute Gasteiger partial charge is 0.319 e. The zero-order valence-electron chi connectivity index (χ0n) is 14.0. The molecule has 4 rings (SSSR count).